The predicted molar refractivity (Wildman–Crippen MR) is 110 cm³/mol. The van der Waals surface area contributed by atoms with Crippen LogP contribution >= 0.6 is 0 Å². The van der Waals surface area contributed by atoms with E-state index >= 15 is 0 Å². The monoisotopic (exact) mass is 395 g/mol. The zero-order valence-electron chi connectivity index (χ0n) is 16.7. The highest BCUT2D eigenvalue weighted by Gasteiger charge is 2.26. The third-order valence-corrected chi connectivity index (χ3v) is 5.32. The van der Waals surface area contributed by atoms with E-state index in [9.17, 15) is 0 Å². The zero-order chi connectivity index (χ0) is 19.0. The van der Waals surface area contributed by atoms with Crippen molar-refractivity contribution >= 4 is 41.7 Å². The minimum atomic E-state index is -1.88. The molecule has 0 atom stereocenters. The van der Waals surface area contributed by atoms with Gasteiger partial charge in [-0.15, -0.1) is 0 Å². The van der Waals surface area contributed by atoms with Crippen molar-refractivity contribution in [2.75, 3.05) is 4.98 Å². The number of fused-ring (bicyclic) bond motifs is 1. The standard InChI is InChI=1S/C15H29N5O2Si3/c1-23(2,3)20-13-11-12(16-10-17-13)18-15(22-25(7,8)9)19-14(11)21-24(4,5)6/h10H,1-9H3,(H,16,17,18,19,20). The van der Waals surface area contributed by atoms with Gasteiger partial charge < -0.3 is 13.8 Å². The van der Waals surface area contributed by atoms with Gasteiger partial charge in [0.15, 0.2) is 5.65 Å². The minimum absolute atomic E-state index is 0.331. The van der Waals surface area contributed by atoms with E-state index in [1.165, 1.54) is 6.33 Å². The van der Waals surface area contributed by atoms with Crippen LogP contribution in [0.15, 0.2) is 6.33 Å². The number of hydrogen-bond acceptors (Lipinski definition) is 7. The van der Waals surface area contributed by atoms with Gasteiger partial charge >= 0.3 is 6.01 Å². The molecule has 0 spiro atoms. The summed E-state index contributed by atoms with van der Waals surface area (Å²) in [6.07, 6.45) is 1.52. The molecule has 10 heteroatoms. The summed E-state index contributed by atoms with van der Waals surface area (Å²) in [5.41, 5.74) is 0.548. The van der Waals surface area contributed by atoms with Crippen molar-refractivity contribution in [3.05, 3.63) is 6.33 Å². The Morgan fingerprint density at radius 1 is 0.800 bits per heavy atom. The summed E-state index contributed by atoms with van der Waals surface area (Å²) in [6, 6.07) is 0.331. The highest BCUT2D eigenvalue weighted by atomic mass is 28.4. The van der Waals surface area contributed by atoms with Crippen molar-refractivity contribution in [3.8, 4) is 11.9 Å². The average molecular weight is 396 g/mol. The van der Waals surface area contributed by atoms with E-state index in [4.69, 9.17) is 8.85 Å². The van der Waals surface area contributed by atoms with E-state index in [0.29, 0.717) is 17.5 Å². The van der Waals surface area contributed by atoms with Gasteiger partial charge in [0, 0.05) is 0 Å². The molecule has 0 aliphatic heterocycles. The lowest BCUT2D eigenvalue weighted by Crippen LogP contribution is -2.34. The molecule has 0 aliphatic rings. The predicted octanol–water partition coefficient (Wildman–Crippen LogP) is 4.09. The van der Waals surface area contributed by atoms with Crippen LogP contribution < -0.4 is 13.8 Å². The molecule has 2 aromatic rings. The van der Waals surface area contributed by atoms with Crippen LogP contribution in [0.4, 0.5) is 5.82 Å². The molecule has 0 aliphatic carbocycles. The lowest BCUT2D eigenvalue weighted by Gasteiger charge is -2.24. The van der Waals surface area contributed by atoms with Gasteiger partial charge in [0.05, 0.1) is 0 Å². The molecule has 138 valence electrons. The maximum absolute atomic E-state index is 6.24. The molecule has 0 bridgehead atoms. The Labute approximate surface area is 153 Å². The van der Waals surface area contributed by atoms with Gasteiger partial charge in [-0.1, -0.05) is 19.6 Å². The molecule has 0 amide bonds. The number of aromatic nitrogens is 4. The highest BCUT2D eigenvalue weighted by Crippen LogP contribution is 2.32. The van der Waals surface area contributed by atoms with Gasteiger partial charge in [-0.25, -0.2) is 9.97 Å². The molecule has 0 saturated carbocycles. The zero-order valence-corrected chi connectivity index (χ0v) is 19.7. The van der Waals surface area contributed by atoms with Crippen LogP contribution in [0.2, 0.25) is 58.9 Å². The van der Waals surface area contributed by atoms with Crippen LogP contribution in [0.5, 0.6) is 11.9 Å². The van der Waals surface area contributed by atoms with E-state index in [1.54, 1.807) is 0 Å². The van der Waals surface area contributed by atoms with Crippen LogP contribution in [0.1, 0.15) is 0 Å². The van der Waals surface area contributed by atoms with Gasteiger partial charge in [0.2, 0.25) is 22.5 Å². The SMILES string of the molecule is C[Si](C)(C)Nc1ncnc2nc(O[Si](C)(C)C)nc(O[Si](C)(C)C)c12. The number of nitrogens with zero attached hydrogens (tertiary/aromatic N) is 4. The molecule has 0 aromatic carbocycles. The normalized spacial score (nSPS) is 13.0. The maximum Gasteiger partial charge on any atom is 0.307 e. The Hall–Kier alpha value is -1.53. The summed E-state index contributed by atoms with van der Waals surface area (Å²) < 4.78 is 12.2. The van der Waals surface area contributed by atoms with Crippen molar-refractivity contribution in [2.24, 2.45) is 0 Å². The first kappa shape index (κ1) is 19.8. The Kier molecular flexibility index (Phi) is 5.26. The molecule has 7 nitrogen and oxygen atoms in total. The molecule has 1 N–H and O–H groups in total. The van der Waals surface area contributed by atoms with Crippen molar-refractivity contribution < 1.29 is 8.85 Å². The molecular formula is C15H29N5O2Si3. The number of nitrogens with one attached hydrogen (secondary N) is 1. The molecule has 0 radical (unpaired) electrons. The summed E-state index contributed by atoms with van der Waals surface area (Å²) in [4.78, 5) is 21.4. The van der Waals surface area contributed by atoms with E-state index in [1.807, 2.05) is 0 Å². The summed E-state index contributed by atoms with van der Waals surface area (Å²) in [5, 5.41) is 0.732. The summed E-state index contributed by atoms with van der Waals surface area (Å²) in [6.45, 7) is 19.3. The van der Waals surface area contributed by atoms with Gasteiger partial charge in [-0.2, -0.15) is 9.97 Å². The van der Waals surface area contributed by atoms with Crippen LogP contribution in [0.25, 0.3) is 11.0 Å². The molecule has 0 unspecified atom stereocenters. The van der Waals surface area contributed by atoms with E-state index in [0.717, 1.165) is 11.2 Å². The molecule has 2 aromatic heterocycles. The summed E-state index contributed by atoms with van der Waals surface area (Å²) in [5.74, 6) is 1.25. The average Bonchev–Trinajstić information content (AvgIpc) is 2.32. The third-order valence-electron chi connectivity index (χ3n) is 2.73. The van der Waals surface area contributed by atoms with E-state index < -0.39 is 24.9 Å². The Morgan fingerprint density at radius 3 is 1.92 bits per heavy atom. The fourth-order valence-corrected chi connectivity index (χ4v) is 4.32. The molecule has 2 heterocycles. The van der Waals surface area contributed by atoms with Gasteiger partial charge in [0.1, 0.15) is 25.8 Å². The summed E-state index contributed by atoms with van der Waals surface area (Å²) in [7, 11) is -5.34. The van der Waals surface area contributed by atoms with Gasteiger partial charge in [-0.05, 0) is 39.3 Å². The first-order valence-corrected chi connectivity index (χ1v) is 18.7. The van der Waals surface area contributed by atoms with Crippen LogP contribution in [-0.2, 0) is 0 Å². The summed E-state index contributed by atoms with van der Waals surface area (Å²) >= 11 is 0. The fourth-order valence-electron chi connectivity index (χ4n) is 2.05. The van der Waals surface area contributed by atoms with Crippen molar-refractivity contribution in [3.63, 3.8) is 0 Å². The minimum Gasteiger partial charge on any atom is -0.531 e. The van der Waals surface area contributed by atoms with E-state index in [2.05, 4.69) is 83.8 Å². The molecule has 25 heavy (non-hydrogen) atoms. The lowest BCUT2D eigenvalue weighted by atomic mass is 10.3. The topological polar surface area (TPSA) is 82.1 Å². The van der Waals surface area contributed by atoms with Crippen molar-refractivity contribution in [1.29, 1.82) is 0 Å². The molecular weight excluding hydrogens is 366 g/mol. The number of hydrogen-bond donors (Lipinski definition) is 1. The van der Waals surface area contributed by atoms with Crippen molar-refractivity contribution in [2.45, 2.75) is 58.9 Å². The second kappa shape index (κ2) is 6.65. The quantitative estimate of drug-likeness (QED) is 0.737. The van der Waals surface area contributed by atoms with Gasteiger partial charge in [-0.3, -0.25) is 0 Å². The molecule has 2 rings (SSSR count). The second-order valence-corrected chi connectivity index (χ2v) is 22.6. The Morgan fingerprint density at radius 2 is 1.40 bits per heavy atom. The van der Waals surface area contributed by atoms with Crippen LogP contribution in [0, 0.1) is 0 Å². The Balaban J connectivity index is 2.66. The van der Waals surface area contributed by atoms with Crippen LogP contribution in [-0.4, -0.2) is 44.8 Å². The van der Waals surface area contributed by atoms with Crippen molar-refractivity contribution in [1.82, 2.24) is 19.9 Å². The number of anilines is 1. The second-order valence-electron chi connectivity index (χ2n) is 9.04. The first-order chi connectivity index (χ1) is 11.2. The first-order valence-electron chi connectivity index (χ1n) is 8.42. The largest absolute Gasteiger partial charge is 0.531 e. The third kappa shape index (κ3) is 6.04. The lowest BCUT2D eigenvalue weighted by molar-refractivity contribution is 0.482. The smallest absolute Gasteiger partial charge is 0.307 e. The highest BCUT2D eigenvalue weighted by molar-refractivity contribution is 6.79. The molecule has 0 saturated heterocycles. The Bertz CT molecular complexity index is 767. The van der Waals surface area contributed by atoms with Gasteiger partial charge in [0.25, 0.3) is 0 Å². The van der Waals surface area contributed by atoms with E-state index in [-0.39, 0.29) is 0 Å². The fraction of sp³-hybridized carbons (Fsp3) is 0.600. The molecule has 0 fully saturated rings. The van der Waals surface area contributed by atoms with Crippen LogP contribution in [0.3, 0.4) is 0 Å². The number of rotatable bonds is 6. The maximum atomic E-state index is 6.24.